The lowest BCUT2D eigenvalue weighted by Crippen LogP contribution is -2.53. The molecule has 2 aromatic carbocycles. The van der Waals surface area contributed by atoms with E-state index in [0.29, 0.717) is 5.56 Å². The Bertz CT molecular complexity index is 672. The van der Waals surface area contributed by atoms with Crippen LogP contribution in [0.3, 0.4) is 0 Å². The minimum Gasteiger partial charge on any atom is -0.368 e. The SMILES string of the molecule is CC(C)N[C@H](c1ccccc1)[C@@H](NC(=O)c1ccccc1)C(N)=O. The fourth-order valence-corrected chi connectivity index (χ4v) is 2.54. The van der Waals surface area contributed by atoms with E-state index in [1.807, 2.05) is 50.2 Å². The predicted molar refractivity (Wildman–Crippen MR) is 94.3 cm³/mol. The first-order valence-corrected chi connectivity index (χ1v) is 7.95. The molecule has 0 saturated heterocycles. The van der Waals surface area contributed by atoms with E-state index in [1.165, 1.54) is 0 Å². The summed E-state index contributed by atoms with van der Waals surface area (Å²) >= 11 is 0. The Morgan fingerprint density at radius 3 is 1.96 bits per heavy atom. The predicted octanol–water partition coefficient (Wildman–Crippen LogP) is 2.01. The Morgan fingerprint density at radius 2 is 1.46 bits per heavy atom. The van der Waals surface area contributed by atoms with Gasteiger partial charge >= 0.3 is 0 Å². The van der Waals surface area contributed by atoms with Crippen molar-refractivity contribution in [1.82, 2.24) is 10.6 Å². The summed E-state index contributed by atoms with van der Waals surface area (Å²) in [6.07, 6.45) is 0. The largest absolute Gasteiger partial charge is 0.368 e. The van der Waals surface area contributed by atoms with Crippen molar-refractivity contribution in [3.05, 3.63) is 71.8 Å². The third kappa shape index (κ3) is 4.67. The van der Waals surface area contributed by atoms with E-state index in [9.17, 15) is 9.59 Å². The van der Waals surface area contributed by atoms with Crippen molar-refractivity contribution in [1.29, 1.82) is 0 Å². The number of hydrogen-bond donors (Lipinski definition) is 3. The molecule has 0 fully saturated rings. The van der Waals surface area contributed by atoms with E-state index in [1.54, 1.807) is 24.3 Å². The fourth-order valence-electron chi connectivity index (χ4n) is 2.54. The third-order valence-corrected chi connectivity index (χ3v) is 3.63. The second kappa shape index (κ2) is 8.26. The molecule has 0 aliphatic heterocycles. The molecule has 0 unspecified atom stereocenters. The van der Waals surface area contributed by atoms with Crippen LogP contribution in [0.4, 0.5) is 0 Å². The van der Waals surface area contributed by atoms with Gasteiger partial charge in [-0.05, 0) is 17.7 Å². The van der Waals surface area contributed by atoms with E-state index in [0.717, 1.165) is 5.56 Å². The molecule has 0 heterocycles. The van der Waals surface area contributed by atoms with E-state index in [-0.39, 0.29) is 11.9 Å². The van der Waals surface area contributed by atoms with Gasteiger partial charge in [0.2, 0.25) is 5.91 Å². The van der Waals surface area contributed by atoms with Crippen molar-refractivity contribution in [2.24, 2.45) is 5.73 Å². The summed E-state index contributed by atoms with van der Waals surface area (Å²) in [5, 5.41) is 6.08. The molecule has 0 aliphatic rings. The molecule has 0 spiro atoms. The van der Waals surface area contributed by atoms with Gasteiger partial charge in [-0.2, -0.15) is 0 Å². The van der Waals surface area contributed by atoms with Gasteiger partial charge in [0.15, 0.2) is 0 Å². The van der Waals surface area contributed by atoms with Crippen LogP contribution in [0.1, 0.15) is 35.8 Å². The molecule has 0 aromatic heterocycles. The fraction of sp³-hybridized carbons (Fsp3) is 0.263. The van der Waals surface area contributed by atoms with E-state index < -0.39 is 18.0 Å². The second-order valence-electron chi connectivity index (χ2n) is 5.93. The van der Waals surface area contributed by atoms with E-state index in [2.05, 4.69) is 10.6 Å². The van der Waals surface area contributed by atoms with Crippen LogP contribution in [0.15, 0.2) is 60.7 Å². The molecular formula is C19H23N3O2. The highest BCUT2D eigenvalue weighted by Gasteiger charge is 2.30. The topological polar surface area (TPSA) is 84.2 Å². The zero-order valence-electron chi connectivity index (χ0n) is 13.9. The van der Waals surface area contributed by atoms with Crippen LogP contribution >= 0.6 is 0 Å². The Morgan fingerprint density at radius 1 is 0.917 bits per heavy atom. The summed E-state index contributed by atoms with van der Waals surface area (Å²) < 4.78 is 0. The molecule has 0 aliphatic carbocycles. The molecular weight excluding hydrogens is 302 g/mol. The van der Waals surface area contributed by atoms with Crippen LogP contribution in [0.25, 0.3) is 0 Å². The molecule has 2 aromatic rings. The molecule has 2 atom stereocenters. The molecule has 5 nitrogen and oxygen atoms in total. The van der Waals surface area contributed by atoms with Gasteiger partial charge in [0.05, 0.1) is 6.04 Å². The molecule has 24 heavy (non-hydrogen) atoms. The number of amides is 2. The van der Waals surface area contributed by atoms with Gasteiger partial charge in [-0.25, -0.2) is 0 Å². The number of primary amides is 1. The van der Waals surface area contributed by atoms with Crippen molar-refractivity contribution in [2.45, 2.75) is 32.0 Å². The molecule has 4 N–H and O–H groups in total. The number of nitrogens with two attached hydrogens (primary N) is 1. The summed E-state index contributed by atoms with van der Waals surface area (Å²) in [7, 11) is 0. The quantitative estimate of drug-likeness (QED) is 0.728. The summed E-state index contributed by atoms with van der Waals surface area (Å²) in [5.41, 5.74) is 6.96. The number of benzene rings is 2. The van der Waals surface area contributed by atoms with Crippen molar-refractivity contribution >= 4 is 11.8 Å². The Balaban J connectivity index is 2.28. The van der Waals surface area contributed by atoms with Gasteiger partial charge in [0, 0.05) is 11.6 Å². The van der Waals surface area contributed by atoms with Crippen LogP contribution in [-0.4, -0.2) is 23.9 Å². The van der Waals surface area contributed by atoms with Crippen molar-refractivity contribution in [2.75, 3.05) is 0 Å². The zero-order valence-corrected chi connectivity index (χ0v) is 13.9. The Labute approximate surface area is 142 Å². The normalized spacial score (nSPS) is 13.3. The maximum absolute atomic E-state index is 12.4. The number of carbonyl (C=O) groups is 2. The van der Waals surface area contributed by atoms with Crippen LogP contribution in [0.2, 0.25) is 0 Å². The lowest BCUT2D eigenvalue weighted by molar-refractivity contribution is -0.120. The summed E-state index contributed by atoms with van der Waals surface area (Å²) in [6, 6.07) is 17.1. The first-order chi connectivity index (χ1) is 11.5. The smallest absolute Gasteiger partial charge is 0.251 e. The van der Waals surface area contributed by atoms with Gasteiger partial charge < -0.3 is 16.4 Å². The van der Waals surface area contributed by atoms with Crippen molar-refractivity contribution in [3.8, 4) is 0 Å². The van der Waals surface area contributed by atoms with Crippen LogP contribution < -0.4 is 16.4 Å². The summed E-state index contributed by atoms with van der Waals surface area (Å²) in [4.78, 5) is 24.5. The molecule has 126 valence electrons. The van der Waals surface area contributed by atoms with Gasteiger partial charge in [-0.1, -0.05) is 62.4 Å². The monoisotopic (exact) mass is 325 g/mol. The lowest BCUT2D eigenvalue weighted by atomic mass is 9.97. The average Bonchev–Trinajstić information content (AvgIpc) is 2.59. The maximum Gasteiger partial charge on any atom is 0.251 e. The molecule has 0 bridgehead atoms. The number of carbonyl (C=O) groups excluding carboxylic acids is 2. The third-order valence-electron chi connectivity index (χ3n) is 3.63. The molecule has 5 heteroatoms. The van der Waals surface area contributed by atoms with Gasteiger partial charge in [-0.3, -0.25) is 9.59 Å². The molecule has 2 amide bonds. The lowest BCUT2D eigenvalue weighted by Gasteiger charge is -2.29. The molecule has 0 saturated carbocycles. The van der Waals surface area contributed by atoms with Crippen molar-refractivity contribution in [3.63, 3.8) is 0 Å². The van der Waals surface area contributed by atoms with Crippen LogP contribution in [0.5, 0.6) is 0 Å². The summed E-state index contributed by atoms with van der Waals surface area (Å²) in [6.45, 7) is 3.96. The first-order valence-electron chi connectivity index (χ1n) is 7.95. The number of rotatable bonds is 7. The summed E-state index contributed by atoms with van der Waals surface area (Å²) in [5.74, 6) is -0.910. The number of hydrogen-bond acceptors (Lipinski definition) is 3. The standard InChI is InChI=1S/C19H23N3O2/c1-13(2)21-16(14-9-5-3-6-10-14)17(18(20)23)22-19(24)15-11-7-4-8-12-15/h3-13,16-17,21H,1-2H3,(H2,20,23)(H,22,24)/t16-,17-/m1/s1. The van der Waals surface area contributed by atoms with Gasteiger partial charge in [-0.15, -0.1) is 0 Å². The van der Waals surface area contributed by atoms with Crippen LogP contribution in [-0.2, 0) is 4.79 Å². The molecule has 0 radical (unpaired) electrons. The van der Waals surface area contributed by atoms with Gasteiger partial charge in [0.1, 0.15) is 6.04 Å². The highest BCUT2D eigenvalue weighted by atomic mass is 16.2. The highest BCUT2D eigenvalue weighted by molar-refractivity contribution is 5.97. The molecule has 2 rings (SSSR count). The highest BCUT2D eigenvalue weighted by Crippen LogP contribution is 2.18. The Kier molecular flexibility index (Phi) is 6.09. The minimum absolute atomic E-state index is 0.116. The van der Waals surface area contributed by atoms with Crippen molar-refractivity contribution < 1.29 is 9.59 Å². The first kappa shape index (κ1) is 17.7. The number of nitrogens with one attached hydrogen (secondary N) is 2. The Hall–Kier alpha value is -2.66. The van der Waals surface area contributed by atoms with Crippen LogP contribution in [0, 0.1) is 0 Å². The average molecular weight is 325 g/mol. The maximum atomic E-state index is 12.4. The van der Waals surface area contributed by atoms with Gasteiger partial charge in [0.25, 0.3) is 5.91 Å². The second-order valence-corrected chi connectivity index (χ2v) is 5.93. The van der Waals surface area contributed by atoms with E-state index >= 15 is 0 Å². The zero-order chi connectivity index (χ0) is 17.5. The van der Waals surface area contributed by atoms with E-state index in [4.69, 9.17) is 5.73 Å². The minimum atomic E-state index is -0.859.